The first-order valence-electron chi connectivity index (χ1n) is 10.5. The van der Waals surface area contributed by atoms with E-state index in [4.69, 9.17) is 5.26 Å². The fraction of sp³-hybridized carbons (Fsp3) is 0.280. The Morgan fingerprint density at radius 2 is 2.06 bits per heavy atom. The Hall–Kier alpha value is -3.01. The Labute approximate surface area is 188 Å². The number of hydrogen-bond donors (Lipinski definition) is 3. The summed E-state index contributed by atoms with van der Waals surface area (Å²) in [6.07, 6.45) is 7.25. The van der Waals surface area contributed by atoms with Crippen LogP contribution in [0.25, 0.3) is 22.0 Å². The van der Waals surface area contributed by atoms with E-state index in [1.54, 1.807) is 18.2 Å². The molecule has 1 unspecified atom stereocenters. The summed E-state index contributed by atoms with van der Waals surface area (Å²) in [6.45, 7) is 6.78. The van der Waals surface area contributed by atoms with Crippen molar-refractivity contribution in [1.82, 2.24) is 20.1 Å². The number of hydrogen-bond acceptors (Lipinski definition) is 4. The van der Waals surface area contributed by atoms with E-state index in [1.165, 1.54) is 22.9 Å². The van der Waals surface area contributed by atoms with Crippen LogP contribution in [0.3, 0.4) is 0 Å². The highest BCUT2D eigenvalue weighted by atomic mass is 32.1. The molecule has 1 atom stereocenters. The van der Waals surface area contributed by atoms with Gasteiger partial charge in [0.2, 0.25) is 0 Å². The summed E-state index contributed by atoms with van der Waals surface area (Å²) >= 11 is 4.06. The van der Waals surface area contributed by atoms with Crippen LogP contribution in [-0.4, -0.2) is 26.8 Å². The second-order valence-corrected chi connectivity index (χ2v) is 9.24. The van der Waals surface area contributed by atoms with Gasteiger partial charge in [0.15, 0.2) is 0 Å². The fourth-order valence-electron chi connectivity index (χ4n) is 4.22. The zero-order valence-corrected chi connectivity index (χ0v) is 18.7. The molecule has 0 aliphatic carbocycles. The average Bonchev–Trinajstić information content (AvgIpc) is 3.49. The number of fused-ring (bicyclic) bond motifs is 1. The van der Waals surface area contributed by atoms with Gasteiger partial charge in [0.25, 0.3) is 0 Å². The van der Waals surface area contributed by atoms with Gasteiger partial charge in [0.1, 0.15) is 0 Å². The summed E-state index contributed by atoms with van der Waals surface area (Å²) in [5.41, 5.74) is 4.60. The van der Waals surface area contributed by atoms with E-state index in [-0.39, 0.29) is 5.54 Å². The zero-order valence-electron chi connectivity index (χ0n) is 17.8. The average molecular weight is 430 g/mol. The molecule has 0 saturated carbocycles. The third-order valence-electron chi connectivity index (χ3n) is 5.70. The summed E-state index contributed by atoms with van der Waals surface area (Å²) in [5.74, 6) is 0.708. The molecule has 5 nitrogen and oxygen atoms in total. The molecule has 1 fully saturated rings. The first-order valence-corrected chi connectivity index (χ1v) is 10.9. The van der Waals surface area contributed by atoms with Crippen molar-refractivity contribution >= 4 is 23.5 Å². The van der Waals surface area contributed by atoms with E-state index in [0.29, 0.717) is 11.5 Å². The van der Waals surface area contributed by atoms with Crippen LogP contribution >= 0.6 is 12.6 Å². The van der Waals surface area contributed by atoms with Crippen molar-refractivity contribution in [2.24, 2.45) is 5.92 Å². The summed E-state index contributed by atoms with van der Waals surface area (Å²) in [7, 11) is 0. The summed E-state index contributed by atoms with van der Waals surface area (Å²) in [4.78, 5) is 0.828. The quantitative estimate of drug-likeness (QED) is 0.389. The van der Waals surface area contributed by atoms with Crippen LogP contribution in [-0.2, 0) is 6.54 Å². The van der Waals surface area contributed by atoms with Crippen molar-refractivity contribution < 1.29 is 0 Å². The largest absolute Gasteiger partial charge is 0.347 e. The lowest BCUT2D eigenvalue weighted by atomic mass is 9.97. The standard InChI is InChI=1S/C18H22N4.C7H5NS/c1-18(2)8-13(9-19-18)12-22-6-5-15-7-14(3-4-17(15)22)16-10-20-21-11-16;8-5-6-2-1-3-7(9)4-6/h3-7,10-11,13,19H,8-9,12H2,1-2H3,(H,20,21);1-4,9H. The normalized spacial score (nSPS) is 17.2. The van der Waals surface area contributed by atoms with Crippen molar-refractivity contribution in [1.29, 1.82) is 5.26 Å². The Morgan fingerprint density at radius 3 is 2.71 bits per heavy atom. The van der Waals surface area contributed by atoms with E-state index in [9.17, 15) is 0 Å². The monoisotopic (exact) mass is 429 g/mol. The predicted molar refractivity (Wildman–Crippen MR) is 128 cm³/mol. The first-order chi connectivity index (χ1) is 14.9. The van der Waals surface area contributed by atoms with Gasteiger partial charge in [-0.05, 0) is 68.1 Å². The van der Waals surface area contributed by atoms with Crippen molar-refractivity contribution in [2.45, 2.75) is 37.2 Å². The van der Waals surface area contributed by atoms with E-state index in [0.717, 1.165) is 23.5 Å². The number of aromatic nitrogens is 3. The molecule has 0 amide bonds. The van der Waals surface area contributed by atoms with Crippen LogP contribution in [0.5, 0.6) is 0 Å². The molecule has 1 saturated heterocycles. The third-order valence-corrected chi connectivity index (χ3v) is 5.98. The van der Waals surface area contributed by atoms with E-state index < -0.39 is 0 Å². The smallest absolute Gasteiger partial charge is 0.0992 e. The number of nitrogens with zero attached hydrogens (tertiary/aromatic N) is 3. The molecular formula is C25H27N5S. The molecule has 31 heavy (non-hydrogen) atoms. The Kier molecular flexibility index (Phi) is 6.17. The molecule has 4 aromatic rings. The Balaban J connectivity index is 0.000000217. The molecule has 1 aliphatic heterocycles. The maximum Gasteiger partial charge on any atom is 0.0992 e. The second kappa shape index (κ2) is 9.01. The van der Waals surface area contributed by atoms with E-state index in [1.807, 2.05) is 24.5 Å². The van der Waals surface area contributed by atoms with Gasteiger partial charge in [0.05, 0.1) is 17.8 Å². The summed E-state index contributed by atoms with van der Waals surface area (Å²) in [6, 6.07) is 18.0. The predicted octanol–water partition coefficient (Wildman–Crippen LogP) is 5.27. The van der Waals surface area contributed by atoms with E-state index >= 15 is 0 Å². The molecule has 0 radical (unpaired) electrons. The minimum Gasteiger partial charge on any atom is -0.347 e. The van der Waals surface area contributed by atoms with Gasteiger partial charge in [0, 0.05) is 52.4 Å². The Morgan fingerprint density at radius 1 is 1.19 bits per heavy atom. The molecule has 2 aromatic carbocycles. The van der Waals surface area contributed by atoms with Crippen LogP contribution in [0.4, 0.5) is 0 Å². The number of thiol groups is 1. The van der Waals surface area contributed by atoms with Gasteiger partial charge >= 0.3 is 0 Å². The maximum atomic E-state index is 8.38. The highest BCUT2D eigenvalue weighted by Gasteiger charge is 2.30. The van der Waals surface area contributed by atoms with Gasteiger partial charge < -0.3 is 9.88 Å². The van der Waals surface area contributed by atoms with Crippen LogP contribution in [0, 0.1) is 17.2 Å². The van der Waals surface area contributed by atoms with Gasteiger partial charge in [-0.1, -0.05) is 12.1 Å². The second-order valence-electron chi connectivity index (χ2n) is 8.73. The lowest BCUT2D eigenvalue weighted by Crippen LogP contribution is -2.31. The summed E-state index contributed by atoms with van der Waals surface area (Å²) < 4.78 is 2.39. The number of benzene rings is 2. The maximum absolute atomic E-state index is 8.38. The van der Waals surface area contributed by atoms with Crippen LogP contribution in [0.1, 0.15) is 25.8 Å². The number of aromatic amines is 1. The molecule has 0 bridgehead atoms. The minimum absolute atomic E-state index is 0.280. The lowest BCUT2D eigenvalue weighted by Gasteiger charge is -2.17. The Bertz CT molecular complexity index is 1200. The molecule has 0 spiro atoms. The number of H-pyrrole nitrogens is 1. The van der Waals surface area contributed by atoms with Crippen LogP contribution in [0.15, 0.2) is 72.0 Å². The van der Waals surface area contributed by atoms with Crippen molar-refractivity contribution in [3.05, 3.63) is 72.7 Å². The topological polar surface area (TPSA) is 69.4 Å². The minimum atomic E-state index is 0.280. The van der Waals surface area contributed by atoms with Gasteiger partial charge in [-0.3, -0.25) is 5.10 Å². The van der Waals surface area contributed by atoms with Crippen molar-refractivity contribution in [3.63, 3.8) is 0 Å². The SMILES string of the molecule is CC1(C)CC(Cn2ccc3cc(-c4cn[nH]c4)ccc32)CN1.N#Cc1cccc(S)c1. The van der Waals surface area contributed by atoms with Crippen LogP contribution in [0.2, 0.25) is 0 Å². The zero-order chi connectivity index (χ0) is 21.8. The highest BCUT2D eigenvalue weighted by Crippen LogP contribution is 2.28. The summed E-state index contributed by atoms with van der Waals surface area (Å²) in [5, 5.41) is 20.2. The molecule has 6 heteroatoms. The number of nitriles is 1. The van der Waals surface area contributed by atoms with Crippen LogP contribution < -0.4 is 5.32 Å². The number of nitrogens with one attached hydrogen (secondary N) is 2. The van der Waals surface area contributed by atoms with Gasteiger partial charge in [-0.2, -0.15) is 10.4 Å². The molecule has 2 N–H and O–H groups in total. The van der Waals surface area contributed by atoms with Crippen molar-refractivity contribution in [3.8, 4) is 17.2 Å². The van der Waals surface area contributed by atoms with Gasteiger partial charge in [-0.15, -0.1) is 12.6 Å². The third kappa shape index (κ3) is 5.19. The van der Waals surface area contributed by atoms with Gasteiger partial charge in [-0.25, -0.2) is 0 Å². The van der Waals surface area contributed by atoms with E-state index in [2.05, 4.69) is 77.0 Å². The molecule has 2 aromatic heterocycles. The first kappa shape index (κ1) is 21.2. The van der Waals surface area contributed by atoms with Crippen molar-refractivity contribution in [2.75, 3.05) is 6.54 Å². The highest BCUT2D eigenvalue weighted by molar-refractivity contribution is 7.80. The molecular weight excluding hydrogens is 402 g/mol. The molecule has 1 aliphatic rings. The molecule has 5 rings (SSSR count). The fourth-order valence-corrected chi connectivity index (χ4v) is 4.44. The molecule has 3 heterocycles. The molecule has 158 valence electrons. The lowest BCUT2D eigenvalue weighted by molar-refractivity contribution is 0.421. The number of rotatable bonds is 3.